The summed E-state index contributed by atoms with van der Waals surface area (Å²) in [7, 11) is -1.96. The number of rotatable bonds is 7. The molecule has 0 spiro atoms. The van der Waals surface area contributed by atoms with E-state index in [1.54, 1.807) is 29.2 Å². The predicted molar refractivity (Wildman–Crippen MR) is 91.8 cm³/mol. The van der Waals surface area contributed by atoms with E-state index in [1.807, 2.05) is 0 Å². The molecule has 2 rings (SSSR count). The van der Waals surface area contributed by atoms with Gasteiger partial charge in [0.1, 0.15) is 5.75 Å². The Hall–Kier alpha value is -1.80. The number of nitrogens with zero attached hydrogens (tertiary/aromatic N) is 2. The van der Waals surface area contributed by atoms with Gasteiger partial charge >= 0.3 is 0 Å². The van der Waals surface area contributed by atoms with E-state index in [4.69, 9.17) is 9.47 Å². The maximum atomic E-state index is 12.2. The van der Waals surface area contributed by atoms with Gasteiger partial charge < -0.3 is 14.4 Å². The number of amides is 1. The number of hydrogen-bond donors (Lipinski definition) is 0. The van der Waals surface area contributed by atoms with Crippen LogP contribution in [0.15, 0.2) is 24.3 Å². The van der Waals surface area contributed by atoms with Gasteiger partial charge in [0.25, 0.3) is 0 Å². The third kappa shape index (κ3) is 4.85. The Morgan fingerprint density at radius 1 is 1.29 bits per heavy atom. The standard InChI is InChI=1S/C16H24N2O5S/c1-22-15-7-4-3-6-14(15)18(24(2,20)21)9-5-8-16(19)17-10-12-23-13-11-17/h3-4,6-7H,5,8-13H2,1-2H3. The molecule has 0 atom stereocenters. The van der Waals surface area contributed by atoms with Crippen LogP contribution in [-0.2, 0) is 19.6 Å². The number of morpholine rings is 1. The van der Waals surface area contributed by atoms with Crippen LogP contribution < -0.4 is 9.04 Å². The van der Waals surface area contributed by atoms with Crippen molar-refractivity contribution in [2.24, 2.45) is 0 Å². The third-order valence-electron chi connectivity index (χ3n) is 3.87. The molecule has 1 saturated heterocycles. The van der Waals surface area contributed by atoms with Gasteiger partial charge in [-0.1, -0.05) is 12.1 Å². The normalized spacial score (nSPS) is 15.2. The first-order valence-electron chi connectivity index (χ1n) is 7.89. The molecule has 8 heteroatoms. The van der Waals surface area contributed by atoms with Crippen molar-refractivity contribution in [2.75, 3.05) is 50.5 Å². The van der Waals surface area contributed by atoms with Crippen molar-refractivity contribution in [3.8, 4) is 5.75 Å². The number of carbonyl (C=O) groups excluding carboxylic acids is 1. The summed E-state index contributed by atoms with van der Waals surface area (Å²) in [5.74, 6) is 0.522. The minimum atomic E-state index is -3.46. The van der Waals surface area contributed by atoms with E-state index in [9.17, 15) is 13.2 Å². The maximum absolute atomic E-state index is 12.2. The molecule has 7 nitrogen and oxygen atoms in total. The highest BCUT2D eigenvalue weighted by Crippen LogP contribution is 2.29. The van der Waals surface area contributed by atoms with E-state index in [0.717, 1.165) is 6.26 Å². The summed E-state index contributed by atoms with van der Waals surface area (Å²) >= 11 is 0. The lowest BCUT2D eigenvalue weighted by molar-refractivity contribution is -0.135. The molecule has 0 unspecified atom stereocenters. The lowest BCUT2D eigenvalue weighted by Gasteiger charge is -2.28. The van der Waals surface area contributed by atoms with Crippen LogP contribution in [-0.4, -0.2) is 65.4 Å². The Labute approximate surface area is 143 Å². The topological polar surface area (TPSA) is 76.2 Å². The molecule has 0 N–H and O–H groups in total. The number of para-hydroxylation sites is 2. The molecule has 24 heavy (non-hydrogen) atoms. The van der Waals surface area contributed by atoms with Crippen LogP contribution in [0.4, 0.5) is 5.69 Å². The number of methoxy groups -OCH3 is 1. The first-order valence-corrected chi connectivity index (χ1v) is 9.74. The number of benzene rings is 1. The fourth-order valence-corrected chi connectivity index (χ4v) is 3.61. The van der Waals surface area contributed by atoms with E-state index in [1.165, 1.54) is 11.4 Å². The molecule has 0 aromatic heterocycles. The predicted octanol–water partition coefficient (Wildman–Crippen LogP) is 1.10. The van der Waals surface area contributed by atoms with E-state index in [0.29, 0.717) is 50.6 Å². The van der Waals surface area contributed by atoms with Gasteiger partial charge in [0.2, 0.25) is 15.9 Å². The molecule has 1 aliphatic rings. The Kier molecular flexibility index (Phi) is 6.44. The van der Waals surface area contributed by atoms with E-state index in [2.05, 4.69) is 0 Å². The molecular formula is C16H24N2O5S. The summed E-state index contributed by atoms with van der Waals surface area (Å²) < 4.78 is 36.0. The van der Waals surface area contributed by atoms with E-state index < -0.39 is 10.0 Å². The molecule has 0 saturated carbocycles. The molecule has 0 bridgehead atoms. The van der Waals surface area contributed by atoms with Crippen LogP contribution in [0, 0.1) is 0 Å². The molecule has 1 fully saturated rings. The molecule has 1 amide bonds. The summed E-state index contributed by atoms with van der Waals surface area (Å²) in [6.45, 7) is 2.54. The molecule has 1 heterocycles. The van der Waals surface area contributed by atoms with Crippen LogP contribution >= 0.6 is 0 Å². The minimum absolute atomic E-state index is 0.0341. The van der Waals surface area contributed by atoms with E-state index in [-0.39, 0.29) is 12.5 Å². The van der Waals surface area contributed by atoms with E-state index >= 15 is 0 Å². The quantitative estimate of drug-likeness (QED) is 0.731. The monoisotopic (exact) mass is 356 g/mol. The summed E-state index contributed by atoms with van der Waals surface area (Å²) in [5.41, 5.74) is 0.487. The Morgan fingerprint density at radius 2 is 1.96 bits per heavy atom. The third-order valence-corrected chi connectivity index (χ3v) is 5.05. The van der Waals surface area contributed by atoms with Crippen LogP contribution in [0.2, 0.25) is 0 Å². The maximum Gasteiger partial charge on any atom is 0.232 e. The molecule has 134 valence electrons. The van der Waals surface area contributed by atoms with Crippen molar-refractivity contribution in [3.05, 3.63) is 24.3 Å². The highest BCUT2D eigenvalue weighted by atomic mass is 32.2. The van der Waals surface area contributed by atoms with Crippen molar-refractivity contribution in [3.63, 3.8) is 0 Å². The zero-order chi connectivity index (χ0) is 17.6. The lowest BCUT2D eigenvalue weighted by Crippen LogP contribution is -2.41. The SMILES string of the molecule is COc1ccccc1N(CCCC(=O)N1CCOCC1)S(C)(=O)=O. The summed E-state index contributed by atoms with van der Waals surface area (Å²) in [4.78, 5) is 13.9. The molecule has 1 aromatic rings. The zero-order valence-corrected chi connectivity index (χ0v) is 14.9. The van der Waals surface area contributed by atoms with Crippen molar-refractivity contribution >= 4 is 21.6 Å². The number of ether oxygens (including phenoxy) is 2. The molecular weight excluding hydrogens is 332 g/mol. The second kappa shape index (κ2) is 8.34. The zero-order valence-electron chi connectivity index (χ0n) is 14.1. The number of anilines is 1. The fraction of sp³-hybridized carbons (Fsp3) is 0.562. The first-order chi connectivity index (χ1) is 11.4. The summed E-state index contributed by atoms with van der Waals surface area (Å²) in [5, 5.41) is 0. The second-order valence-corrected chi connectivity index (χ2v) is 7.51. The van der Waals surface area contributed by atoms with Crippen molar-refractivity contribution in [1.82, 2.24) is 4.90 Å². The van der Waals surface area contributed by atoms with Gasteiger partial charge in [0.15, 0.2) is 0 Å². The van der Waals surface area contributed by atoms with Gasteiger partial charge in [0, 0.05) is 26.1 Å². The van der Waals surface area contributed by atoms with Gasteiger partial charge in [-0.2, -0.15) is 0 Å². The van der Waals surface area contributed by atoms with Crippen LogP contribution in [0.1, 0.15) is 12.8 Å². The van der Waals surface area contributed by atoms with Crippen molar-refractivity contribution in [2.45, 2.75) is 12.8 Å². The fourth-order valence-electron chi connectivity index (χ4n) is 2.65. The van der Waals surface area contributed by atoms with Gasteiger partial charge in [-0.25, -0.2) is 8.42 Å². The van der Waals surface area contributed by atoms with Crippen molar-refractivity contribution < 1.29 is 22.7 Å². The first kappa shape index (κ1) is 18.5. The van der Waals surface area contributed by atoms with Gasteiger partial charge in [-0.15, -0.1) is 0 Å². The van der Waals surface area contributed by atoms with Crippen molar-refractivity contribution in [1.29, 1.82) is 0 Å². The smallest absolute Gasteiger partial charge is 0.232 e. The second-order valence-electron chi connectivity index (χ2n) is 5.60. The van der Waals surface area contributed by atoms with Crippen LogP contribution in [0.3, 0.4) is 0 Å². The minimum Gasteiger partial charge on any atom is -0.495 e. The molecule has 0 aliphatic carbocycles. The number of sulfonamides is 1. The summed E-state index contributed by atoms with van der Waals surface area (Å²) in [6.07, 6.45) is 1.91. The van der Waals surface area contributed by atoms with Crippen LogP contribution in [0.25, 0.3) is 0 Å². The van der Waals surface area contributed by atoms with Gasteiger partial charge in [0.05, 0.1) is 32.3 Å². The van der Waals surface area contributed by atoms with Gasteiger partial charge in [-0.05, 0) is 18.6 Å². The summed E-state index contributed by atoms with van der Waals surface area (Å²) in [6, 6.07) is 6.95. The largest absolute Gasteiger partial charge is 0.495 e. The Morgan fingerprint density at radius 3 is 2.58 bits per heavy atom. The highest BCUT2D eigenvalue weighted by molar-refractivity contribution is 7.92. The molecule has 1 aliphatic heterocycles. The average Bonchev–Trinajstić information content (AvgIpc) is 2.58. The molecule has 1 aromatic carbocycles. The highest BCUT2D eigenvalue weighted by Gasteiger charge is 2.22. The Balaban J connectivity index is 2.01. The average molecular weight is 356 g/mol. The lowest BCUT2D eigenvalue weighted by atomic mass is 10.2. The number of hydrogen-bond acceptors (Lipinski definition) is 5. The number of carbonyl (C=O) groups is 1. The van der Waals surface area contributed by atoms with Crippen LogP contribution in [0.5, 0.6) is 5.75 Å². The molecule has 0 radical (unpaired) electrons. The Bertz CT molecular complexity index is 656. The van der Waals surface area contributed by atoms with Gasteiger partial charge in [-0.3, -0.25) is 9.10 Å².